The lowest BCUT2D eigenvalue weighted by Crippen LogP contribution is -2.29. The summed E-state index contributed by atoms with van der Waals surface area (Å²) in [6, 6.07) is 7.58. The van der Waals surface area contributed by atoms with Gasteiger partial charge in [0.25, 0.3) is 0 Å². The molecule has 0 spiro atoms. The minimum atomic E-state index is -0.832. The van der Waals surface area contributed by atoms with E-state index in [4.69, 9.17) is 5.11 Å². The van der Waals surface area contributed by atoms with Gasteiger partial charge >= 0.3 is 5.97 Å². The number of aliphatic carboxylic acids is 1. The van der Waals surface area contributed by atoms with Crippen LogP contribution in [0.1, 0.15) is 18.4 Å². The first kappa shape index (κ1) is 14.7. The number of nitrogens with zero attached hydrogens (tertiary/aromatic N) is 1. The van der Waals surface area contributed by atoms with Gasteiger partial charge in [0.2, 0.25) is 5.91 Å². The molecule has 18 heavy (non-hydrogen) atoms. The van der Waals surface area contributed by atoms with E-state index in [1.165, 1.54) is 0 Å². The standard InChI is InChI=1S/C13H16BrNO3/c1-15(8-4-7-13(17)18)12(16)9-10-5-2-3-6-11(10)14/h2-3,5-6H,4,7-9H2,1H3,(H,17,18). The molecule has 0 aromatic heterocycles. The first-order valence-corrected chi connectivity index (χ1v) is 6.49. The predicted octanol–water partition coefficient (Wildman–Crippen LogP) is 2.31. The van der Waals surface area contributed by atoms with Crippen LogP contribution in [0, 0.1) is 0 Å². The minimum absolute atomic E-state index is 0.00714. The van der Waals surface area contributed by atoms with Crippen LogP contribution in [0.25, 0.3) is 0 Å². The van der Waals surface area contributed by atoms with E-state index in [-0.39, 0.29) is 12.3 Å². The highest BCUT2D eigenvalue weighted by Gasteiger charge is 2.11. The van der Waals surface area contributed by atoms with Crippen LogP contribution in [-0.4, -0.2) is 35.5 Å². The van der Waals surface area contributed by atoms with Crippen LogP contribution >= 0.6 is 15.9 Å². The second-order valence-corrected chi connectivity index (χ2v) is 4.94. The van der Waals surface area contributed by atoms with Gasteiger partial charge in [-0.2, -0.15) is 0 Å². The highest BCUT2D eigenvalue weighted by molar-refractivity contribution is 9.10. The van der Waals surface area contributed by atoms with E-state index in [2.05, 4.69) is 15.9 Å². The fourth-order valence-corrected chi connectivity index (χ4v) is 1.96. The van der Waals surface area contributed by atoms with Crippen molar-refractivity contribution in [3.8, 4) is 0 Å². The highest BCUT2D eigenvalue weighted by Crippen LogP contribution is 2.16. The molecule has 1 amide bonds. The summed E-state index contributed by atoms with van der Waals surface area (Å²) in [5.41, 5.74) is 0.938. The van der Waals surface area contributed by atoms with Gasteiger partial charge in [-0.25, -0.2) is 0 Å². The van der Waals surface area contributed by atoms with Crippen molar-refractivity contribution < 1.29 is 14.7 Å². The maximum Gasteiger partial charge on any atom is 0.303 e. The van der Waals surface area contributed by atoms with Crippen molar-refractivity contribution in [2.75, 3.05) is 13.6 Å². The van der Waals surface area contributed by atoms with Gasteiger partial charge in [0.1, 0.15) is 0 Å². The van der Waals surface area contributed by atoms with E-state index in [0.717, 1.165) is 10.0 Å². The van der Waals surface area contributed by atoms with E-state index in [1.54, 1.807) is 11.9 Å². The summed E-state index contributed by atoms with van der Waals surface area (Å²) in [5, 5.41) is 8.53. The largest absolute Gasteiger partial charge is 0.481 e. The zero-order chi connectivity index (χ0) is 13.5. The van der Waals surface area contributed by atoms with E-state index in [0.29, 0.717) is 19.4 Å². The average Bonchev–Trinajstić information content (AvgIpc) is 2.31. The zero-order valence-corrected chi connectivity index (χ0v) is 11.8. The Morgan fingerprint density at radius 2 is 2.00 bits per heavy atom. The molecule has 1 aromatic carbocycles. The molecule has 0 aliphatic rings. The van der Waals surface area contributed by atoms with Gasteiger partial charge in [0, 0.05) is 24.5 Å². The number of carboxylic acids is 1. The molecule has 5 heteroatoms. The average molecular weight is 314 g/mol. The van der Waals surface area contributed by atoms with Crippen molar-refractivity contribution in [1.29, 1.82) is 0 Å². The summed E-state index contributed by atoms with van der Waals surface area (Å²) in [6.07, 6.45) is 0.894. The van der Waals surface area contributed by atoms with Gasteiger partial charge in [-0.15, -0.1) is 0 Å². The molecule has 1 N–H and O–H groups in total. The maximum atomic E-state index is 11.9. The molecule has 0 aliphatic heterocycles. The Labute approximate surface area is 115 Å². The summed E-state index contributed by atoms with van der Waals surface area (Å²) in [5.74, 6) is -0.839. The third kappa shape index (κ3) is 4.87. The number of hydrogen-bond acceptors (Lipinski definition) is 2. The van der Waals surface area contributed by atoms with Crippen LogP contribution in [0.15, 0.2) is 28.7 Å². The van der Waals surface area contributed by atoms with Crippen molar-refractivity contribution in [1.82, 2.24) is 4.90 Å². The smallest absolute Gasteiger partial charge is 0.303 e. The molecule has 0 unspecified atom stereocenters. The number of benzene rings is 1. The molecule has 0 aliphatic carbocycles. The Hall–Kier alpha value is -1.36. The first-order valence-electron chi connectivity index (χ1n) is 5.70. The molecule has 4 nitrogen and oxygen atoms in total. The third-order valence-electron chi connectivity index (χ3n) is 2.61. The SMILES string of the molecule is CN(CCCC(=O)O)C(=O)Cc1ccccc1Br. The molecule has 1 aromatic rings. The summed E-state index contributed by atoms with van der Waals surface area (Å²) < 4.78 is 0.914. The third-order valence-corrected chi connectivity index (χ3v) is 3.38. The number of carboxylic acid groups (broad SMARTS) is 1. The van der Waals surface area contributed by atoms with Gasteiger partial charge in [-0.3, -0.25) is 9.59 Å². The number of carbonyl (C=O) groups excluding carboxylic acids is 1. The van der Waals surface area contributed by atoms with Gasteiger partial charge < -0.3 is 10.0 Å². The summed E-state index contributed by atoms with van der Waals surface area (Å²) in [7, 11) is 1.70. The van der Waals surface area contributed by atoms with E-state index >= 15 is 0 Å². The molecule has 0 bridgehead atoms. The Balaban J connectivity index is 2.45. The normalized spacial score (nSPS) is 10.1. The second-order valence-electron chi connectivity index (χ2n) is 4.08. The van der Waals surface area contributed by atoms with Crippen LogP contribution in [0.3, 0.4) is 0 Å². The Morgan fingerprint density at radius 3 is 2.61 bits per heavy atom. The summed E-state index contributed by atoms with van der Waals surface area (Å²) in [6.45, 7) is 0.468. The lowest BCUT2D eigenvalue weighted by Gasteiger charge is -2.17. The number of carbonyl (C=O) groups is 2. The molecule has 0 heterocycles. The molecule has 98 valence electrons. The fourth-order valence-electron chi connectivity index (χ4n) is 1.53. The fraction of sp³-hybridized carbons (Fsp3) is 0.385. The number of amides is 1. The molecule has 0 atom stereocenters. The summed E-state index contributed by atoms with van der Waals surface area (Å²) in [4.78, 5) is 23.8. The molecular weight excluding hydrogens is 298 g/mol. The van der Waals surface area contributed by atoms with Crippen LogP contribution in [0.2, 0.25) is 0 Å². The second kappa shape index (κ2) is 7.16. The van der Waals surface area contributed by atoms with E-state index in [1.807, 2.05) is 24.3 Å². The van der Waals surface area contributed by atoms with Crippen molar-refractivity contribution in [3.63, 3.8) is 0 Å². The van der Waals surface area contributed by atoms with Crippen molar-refractivity contribution in [2.24, 2.45) is 0 Å². The minimum Gasteiger partial charge on any atom is -0.481 e. The van der Waals surface area contributed by atoms with Crippen LogP contribution in [-0.2, 0) is 16.0 Å². The Morgan fingerprint density at radius 1 is 1.33 bits per heavy atom. The van der Waals surface area contributed by atoms with Crippen LogP contribution in [0.5, 0.6) is 0 Å². The number of halogens is 1. The van der Waals surface area contributed by atoms with Gasteiger partial charge in [0.05, 0.1) is 6.42 Å². The molecule has 0 fully saturated rings. The lowest BCUT2D eigenvalue weighted by atomic mass is 10.1. The van der Waals surface area contributed by atoms with E-state index < -0.39 is 5.97 Å². The van der Waals surface area contributed by atoms with Crippen LogP contribution < -0.4 is 0 Å². The molecule has 0 saturated carbocycles. The zero-order valence-electron chi connectivity index (χ0n) is 10.2. The first-order chi connectivity index (χ1) is 8.50. The topological polar surface area (TPSA) is 57.6 Å². The maximum absolute atomic E-state index is 11.9. The number of likely N-dealkylation sites (N-methyl/N-ethyl adjacent to an activating group) is 1. The quantitative estimate of drug-likeness (QED) is 0.876. The van der Waals surface area contributed by atoms with E-state index in [9.17, 15) is 9.59 Å². The van der Waals surface area contributed by atoms with Gasteiger partial charge in [-0.05, 0) is 18.1 Å². The molecular formula is C13H16BrNO3. The Bertz CT molecular complexity index is 434. The summed E-state index contributed by atoms with van der Waals surface area (Å²) >= 11 is 3.40. The monoisotopic (exact) mass is 313 g/mol. The van der Waals surface area contributed by atoms with Crippen LogP contribution in [0.4, 0.5) is 0 Å². The number of hydrogen-bond donors (Lipinski definition) is 1. The Kier molecular flexibility index (Phi) is 5.85. The van der Waals surface area contributed by atoms with Gasteiger partial charge in [0.15, 0.2) is 0 Å². The lowest BCUT2D eigenvalue weighted by molar-refractivity contribution is -0.138. The van der Waals surface area contributed by atoms with Crippen molar-refractivity contribution >= 4 is 27.8 Å². The van der Waals surface area contributed by atoms with Crippen molar-refractivity contribution in [2.45, 2.75) is 19.3 Å². The number of rotatable bonds is 6. The molecule has 0 radical (unpaired) electrons. The van der Waals surface area contributed by atoms with Gasteiger partial charge in [-0.1, -0.05) is 34.1 Å². The molecule has 0 saturated heterocycles. The predicted molar refractivity (Wildman–Crippen MR) is 72.4 cm³/mol. The molecule has 1 rings (SSSR count). The van der Waals surface area contributed by atoms with Crippen molar-refractivity contribution in [3.05, 3.63) is 34.3 Å². The highest BCUT2D eigenvalue weighted by atomic mass is 79.9.